The molecule has 2 amide bonds. The third-order valence-corrected chi connectivity index (χ3v) is 8.05. The van der Waals surface area contributed by atoms with E-state index in [1.807, 2.05) is 42.8 Å². The van der Waals surface area contributed by atoms with E-state index in [-0.39, 0.29) is 29.0 Å². The van der Waals surface area contributed by atoms with Gasteiger partial charge in [-0.05, 0) is 69.2 Å². The maximum atomic E-state index is 12.9. The Morgan fingerprint density at radius 3 is 2.49 bits per heavy atom. The Bertz CT molecular complexity index is 1320. The first kappa shape index (κ1) is 24.9. The van der Waals surface area contributed by atoms with E-state index in [1.165, 1.54) is 12.1 Å². The number of fused-ring (bicyclic) bond motifs is 1. The molecule has 2 N–H and O–H groups in total. The van der Waals surface area contributed by atoms with Crippen LogP contribution in [0.2, 0.25) is 0 Å². The molecule has 0 atom stereocenters. The van der Waals surface area contributed by atoms with Crippen molar-refractivity contribution in [3.8, 4) is 0 Å². The van der Waals surface area contributed by atoms with Crippen molar-refractivity contribution in [1.29, 1.82) is 0 Å². The van der Waals surface area contributed by atoms with Gasteiger partial charge < -0.3 is 14.8 Å². The number of benzene rings is 2. The van der Waals surface area contributed by atoms with E-state index in [2.05, 4.69) is 10.0 Å². The predicted octanol–water partition coefficient (Wildman–Crippen LogP) is 3.98. The van der Waals surface area contributed by atoms with Crippen molar-refractivity contribution in [1.82, 2.24) is 14.2 Å². The minimum absolute atomic E-state index is 0.0428. The standard InChI is InChI=1S/C26H32N4O4S/c1-3-29(4-2)25(31)18-30-15-14-19-16-22(12-13-24(19)30)27-26(32)20-8-7-11-23(17-20)35(33,34)28-21-9-5-6-10-21/h7-8,11-17,21,28H,3-6,9-10,18H2,1-2H3,(H,27,32). The third-order valence-electron chi connectivity index (χ3n) is 6.53. The first-order chi connectivity index (χ1) is 16.8. The number of hydrogen-bond donors (Lipinski definition) is 2. The fourth-order valence-corrected chi connectivity index (χ4v) is 5.93. The molecule has 186 valence electrons. The van der Waals surface area contributed by atoms with Gasteiger partial charge in [0.25, 0.3) is 5.91 Å². The van der Waals surface area contributed by atoms with Crippen LogP contribution < -0.4 is 10.0 Å². The molecule has 1 aromatic heterocycles. The number of carbonyl (C=O) groups is 2. The zero-order valence-corrected chi connectivity index (χ0v) is 21.0. The number of nitrogens with one attached hydrogen (secondary N) is 2. The monoisotopic (exact) mass is 496 g/mol. The largest absolute Gasteiger partial charge is 0.342 e. The first-order valence-electron chi connectivity index (χ1n) is 12.1. The summed E-state index contributed by atoms with van der Waals surface area (Å²) in [5.41, 5.74) is 1.75. The van der Waals surface area contributed by atoms with Crippen molar-refractivity contribution >= 4 is 38.4 Å². The maximum absolute atomic E-state index is 12.9. The van der Waals surface area contributed by atoms with Gasteiger partial charge in [0, 0.05) is 47.5 Å². The molecule has 0 spiro atoms. The van der Waals surface area contributed by atoms with Gasteiger partial charge in [-0.25, -0.2) is 13.1 Å². The minimum Gasteiger partial charge on any atom is -0.342 e. The molecule has 2 aromatic carbocycles. The molecule has 8 nitrogen and oxygen atoms in total. The van der Waals surface area contributed by atoms with Crippen molar-refractivity contribution in [2.75, 3.05) is 18.4 Å². The van der Waals surface area contributed by atoms with E-state index in [4.69, 9.17) is 0 Å². The minimum atomic E-state index is -3.68. The summed E-state index contributed by atoms with van der Waals surface area (Å²) < 4.78 is 30.2. The van der Waals surface area contributed by atoms with E-state index in [1.54, 1.807) is 23.1 Å². The number of nitrogens with zero attached hydrogens (tertiary/aromatic N) is 2. The van der Waals surface area contributed by atoms with E-state index >= 15 is 0 Å². The second-order valence-corrected chi connectivity index (χ2v) is 10.6. The average molecular weight is 497 g/mol. The Kier molecular flexibility index (Phi) is 7.57. The SMILES string of the molecule is CCN(CC)C(=O)Cn1ccc2cc(NC(=O)c3cccc(S(=O)(=O)NC4CCCC4)c3)ccc21. The lowest BCUT2D eigenvalue weighted by Crippen LogP contribution is -2.33. The molecule has 3 aromatic rings. The van der Waals surface area contributed by atoms with Crippen LogP contribution in [-0.2, 0) is 21.4 Å². The van der Waals surface area contributed by atoms with E-state index in [0.29, 0.717) is 18.8 Å². The molecular formula is C26H32N4O4S. The molecule has 0 bridgehead atoms. The smallest absolute Gasteiger partial charge is 0.255 e. The molecular weight excluding hydrogens is 464 g/mol. The predicted molar refractivity (Wildman–Crippen MR) is 137 cm³/mol. The van der Waals surface area contributed by atoms with Crippen LogP contribution in [0.4, 0.5) is 5.69 Å². The fraction of sp³-hybridized carbons (Fsp3) is 0.385. The van der Waals surface area contributed by atoms with E-state index in [9.17, 15) is 18.0 Å². The van der Waals surface area contributed by atoms with Gasteiger partial charge in [-0.1, -0.05) is 18.9 Å². The van der Waals surface area contributed by atoms with Crippen LogP contribution >= 0.6 is 0 Å². The zero-order chi connectivity index (χ0) is 25.0. The summed E-state index contributed by atoms with van der Waals surface area (Å²) >= 11 is 0. The summed E-state index contributed by atoms with van der Waals surface area (Å²) in [7, 11) is -3.68. The highest BCUT2D eigenvalue weighted by Crippen LogP contribution is 2.23. The van der Waals surface area contributed by atoms with Crippen molar-refractivity contribution in [3.63, 3.8) is 0 Å². The van der Waals surface area contributed by atoms with Crippen LogP contribution in [0.15, 0.2) is 59.6 Å². The van der Waals surface area contributed by atoms with Crippen molar-refractivity contribution in [2.45, 2.75) is 57.0 Å². The summed E-state index contributed by atoms with van der Waals surface area (Å²) in [4.78, 5) is 27.2. The number of likely N-dealkylation sites (N-methyl/N-ethyl adjacent to an activating group) is 1. The van der Waals surface area contributed by atoms with Crippen molar-refractivity contribution in [2.24, 2.45) is 0 Å². The Balaban J connectivity index is 1.47. The van der Waals surface area contributed by atoms with E-state index in [0.717, 1.165) is 36.6 Å². The number of anilines is 1. The normalized spacial score (nSPS) is 14.3. The van der Waals surface area contributed by atoms with Gasteiger partial charge >= 0.3 is 0 Å². The van der Waals surface area contributed by atoms with Crippen LogP contribution in [0, 0.1) is 0 Å². The van der Waals surface area contributed by atoms with Gasteiger partial charge in [0.1, 0.15) is 6.54 Å². The van der Waals surface area contributed by atoms with Gasteiger partial charge in [0.15, 0.2) is 0 Å². The molecule has 35 heavy (non-hydrogen) atoms. The van der Waals surface area contributed by atoms with Crippen LogP contribution in [0.25, 0.3) is 10.9 Å². The fourth-order valence-electron chi connectivity index (χ4n) is 4.58. The van der Waals surface area contributed by atoms with E-state index < -0.39 is 15.9 Å². The number of amides is 2. The van der Waals surface area contributed by atoms with Crippen LogP contribution in [-0.4, -0.2) is 48.8 Å². The zero-order valence-electron chi connectivity index (χ0n) is 20.2. The highest BCUT2D eigenvalue weighted by Gasteiger charge is 2.23. The lowest BCUT2D eigenvalue weighted by atomic mass is 10.2. The molecule has 0 saturated heterocycles. The Morgan fingerprint density at radius 1 is 1.03 bits per heavy atom. The maximum Gasteiger partial charge on any atom is 0.255 e. The van der Waals surface area contributed by atoms with Crippen LogP contribution in [0.1, 0.15) is 49.9 Å². The van der Waals surface area contributed by atoms with Gasteiger partial charge in [-0.3, -0.25) is 9.59 Å². The van der Waals surface area contributed by atoms with Crippen LogP contribution in [0.3, 0.4) is 0 Å². The van der Waals surface area contributed by atoms with Gasteiger partial charge in [0.2, 0.25) is 15.9 Å². The molecule has 1 fully saturated rings. The molecule has 1 saturated carbocycles. The summed E-state index contributed by atoms with van der Waals surface area (Å²) in [6.45, 7) is 5.52. The van der Waals surface area contributed by atoms with Gasteiger partial charge in [-0.2, -0.15) is 0 Å². The summed E-state index contributed by atoms with van der Waals surface area (Å²) in [6, 6.07) is 13.4. The number of hydrogen-bond acceptors (Lipinski definition) is 4. The Labute approximate surface area is 206 Å². The van der Waals surface area contributed by atoms with Crippen molar-refractivity contribution in [3.05, 3.63) is 60.3 Å². The van der Waals surface area contributed by atoms with Gasteiger partial charge in [0.05, 0.1) is 4.90 Å². The Hall–Kier alpha value is -3.17. The Morgan fingerprint density at radius 2 is 1.77 bits per heavy atom. The lowest BCUT2D eigenvalue weighted by molar-refractivity contribution is -0.131. The quantitative estimate of drug-likeness (QED) is 0.468. The molecule has 0 radical (unpaired) electrons. The number of carbonyl (C=O) groups excluding carboxylic acids is 2. The second-order valence-electron chi connectivity index (χ2n) is 8.87. The molecule has 1 heterocycles. The lowest BCUT2D eigenvalue weighted by Gasteiger charge is -2.19. The average Bonchev–Trinajstić information content (AvgIpc) is 3.49. The molecule has 1 aliphatic rings. The summed E-state index contributed by atoms with van der Waals surface area (Å²) in [5, 5.41) is 3.75. The third kappa shape index (κ3) is 5.74. The topological polar surface area (TPSA) is 101 Å². The molecule has 0 aliphatic heterocycles. The molecule has 4 rings (SSSR count). The second kappa shape index (κ2) is 10.6. The molecule has 0 unspecified atom stereocenters. The van der Waals surface area contributed by atoms with Crippen LogP contribution in [0.5, 0.6) is 0 Å². The highest BCUT2D eigenvalue weighted by molar-refractivity contribution is 7.89. The first-order valence-corrected chi connectivity index (χ1v) is 13.6. The highest BCUT2D eigenvalue weighted by atomic mass is 32.2. The summed E-state index contributed by atoms with van der Waals surface area (Å²) in [5.74, 6) is -0.333. The number of aromatic nitrogens is 1. The molecule has 9 heteroatoms. The number of rotatable bonds is 9. The van der Waals surface area contributed by atoms with Crippen molar-refractivity contribution < 1.29 is 18.0 Å². The summed E-state index contributed by atoms with van der Waals surface area (Å²) in [6.07, 6.45) is 5.59. The molecule has 1 aliphatic carbocycles. The number of sulfonamides is 1. The van der Waals surface area contributed by atoms with Gasteiger partial charge in [-0.15, -0.1) is 0 Å².